The molecule has 0 amide bonds. The standard InChI is InChI=1S/C14H20BrNO/c1-2-8-16-9-6-13(7-10-16)17-14-5-3-4-12(15)11-14/h3-5,11,13H,2,6-10H2,1H3. The monoisotopic (exact) mass is 297 g/mol. The zero-order chi connectivity index (χ0) is 12.1. The molecule has 94 valence electrons. The van der Waals surface area contributed by atoms with E-state index in [-0.39, 0.29) is 0 Å². The highest BCUT2D eigenvalue weighted by Crippen LogP contribution is 2.22. The van der Waals surface area contributed by atoms with E-state index in [2.05, 4.69) is 27.8 Å². The van der Waals surface area contributed by atoms with E-state index >= 15 is 0 Å². The minimum Gasteiger partial charge on any atom is -0.490 e. The van der Waals surface area contributed by atoms with Crippen molar-refractivity contribution >= 4 is 15.9 Å². The number of likely N-dealkylation sites (tertiary alicyclic amines) is 1. The summed E-state index contributed by atoms with van der Waals surface area (Å²) in [6, 6.07) is 8.12. The maximum Gasteiger partial charge on any atom is 0.120 e. The lowest BCUT2D eigenvalue weighted by atomic mass is 10.1. The van der Waals surface area contributed by atoms with Crippen LogP contribution in [-0.2, 0) is 0 Å². The predicted molar refractivity (Wildman–Crippen MR) is 74.5 cm³/mol. The Morgan fingerprint density at radius 3 is 2.76 bits per heavy atom. The summed E-state index contributed by atoms with van der Waals surface area (Å²) in [5, 5.41) is 0. The number of rotatable bonds is 4. The quantitative estimate of drug-likeness (QED) is 0.840. The molecule has 0 saturated carbocycles. The van der Waals surface area contributed by atoms with Crippen LogP contribution in [0.5, 0.6) is 5.75 Å². The fourth-order valence-corrected chi connectivity index (χ4v) is 2.68. The number of halogens is 1. The summed E-state index contributed by atoms with van der Waals surface area (Å²) in [7, 11) is 0. The Balaban J connectivity index is 1.82. The highest BCUT2D eigenvalue weighted by atomic mass is 79.9. The van der Waals surface area contributed by atoms with Gasteiger partial charge >= 0.3 is 0 Å². The highest BCUT2D eigenvalue weighted by Gasteiger charge is 2.19. The maximum atomic E-state index is 6.01. The third kappa shape index (κ3) is 4.00. The van der Waals surface area contributed by atoms with Crippen LogP contribution in [0.15, 0.2) is 28.7 Å². The molecule has 1 aromatic carbocycles. The zero-order valence-electron chi connectivity index (χ0n) is 10.4. The molecule has 0 N–H and O–H groups in total. The van der Waals surface area contributed by atoms with E-state index in [1.165, 1.54) is 26.1 Å². The Morgan fingerprint density at radius 1 is 1.35 bits per heavy atom. The van der Waals surface area contributed by atoms with Gasteiger partial charge in [0, 0.05) is 17.6 Å². The lowest BCUT2D eigenvalue weighted by Crippen LogP contribution is -2.38. The van der Waals surface area contributed by atoms with Gasteiger partial charge < -0.3 is 9.64 Å². The molecule has 17 heavy (non-hydrogen) atoms. The third-order valence-corrected chi connectivity index (χ3v) is 3.67. The molecule has 1 aromatic rings. The van der Waals surface area contributed by atoms with Gasteiger partial charge in [0.1, 0.15) is 11.9 Å². The molecule has 1 aliphatic heterocycles. The molecule has 1 aliphatic rings. The van der Waals surface area contributed by atoms with Crippen molar-refractivity contribution in [2.75, 3.05) is 19.6 Å². The summed E-state index contributed by atoms with van der Waals surface area (Å²) in [5.41, 5.74) is 0. The molecule has 1 saturated heterocycles. The van der Waals surface area contributed by atoms with Gasteiger partial charge in [-0.15, -0.1) is 0 Å². The summed E-state index contributed by atoms with van der Waals surface area (Å²) >= 11 is 3.47. The maximum absolute atomic E-state index is 6.01. The third-order valence-electron chi connectivity index (χ3n) is 3.17. The van der Waals surface area contributed by atoms with E-state index < -0.39 is 0 Å². The van der Waals surface area contributed by atoms with Crippen LogP contribution in [0, 0.1) is 0 Å². The van der Waals surface area contributed by atoms with Crippen LogP contribution in [0.2, 0.25) is 0 Å². The topological polar surface area (TPSA) is 12.5 Å². The number of nitrogens with zero attached hydrogens (tertiary/aromatic N) is 1. The zero-order valence-corrected chi connectivity index (χ0v) is 11.9. The Kier molecular flexibility index (Phi) is 4.86. The van der Waals surface area contributed by atoms with Gasteiger partial charge in [-0.2, -0.15) is 0 Å². The Morgan fingerprint density at radius 2 is 2.12 bits per heavy atom. The van der Waals surface area contributed by atoms with Crippen LogP contribution in [0.4, 0.5) is 0 Å². The van der Waals surface area contributed by atoms with Gasteiger partial charge in [0.15, 0.2) is 0 Å². The normalized spacial score (nSPS) is 18.2. The molecule has 0 bridgehead atoms. The second kappa shape index (κ2) is 6.41. The van der Waals surface area contributed by atoms with Gasteiger partial charge in [-0.25, -0.2) is 0 Å². The smallest absolute Gasteiger partial charge is 0.120 e. The number of ether oxygens (including phenoxy) is 1. The Labute approximate surface area is 112 Å². The molecule has 0 aromatic heterocycles. The second-order valence-corrected chi connectivity index (χ2v) is 5.53. The first-order valence-electron chi connectivity index (χ1n) is 6.42. The lowest BCUT2D eigenvalue weighted by Gasteiger charge is -2.31. The molecule has 1 fully saturated rings. The average molecular weight is 298 g/mol. The molecule has 2 rings (SSSR count). The van der Waals surface area contributed by atoms with E-state index in [1.54, 1.807) is 0 Å². The molecular weight excluding hydrogens is 278 g/mol. The number of hydrogen-bond acceptors (Lipinski definition) is 2. The van der Waals surface area contributed by atoms with E-state index in [0.29, 0.717) is 6.10 Å². The first-order valence-corrected chi connectivity index (χ1v) is 7.22. The molecule has 0 aliphatic carbocycles. The first-order chi connectivity index (χ1) is 8.28. The van der Waals surface area contributed by atoms with Crippen molar-refractivity contribution in [2.45, 2.75) is 32.3 Å². The number of benzene rings is 1. The highest BCUT2D eigenvalue weighted by molar-refractivity contribution is 9.10. The SMILES string of the molecule is CCCN1CCC(Oc2cccc(Br)c2)CC1. The Hall–Kier alpha value is -0.540. The predicted octanol–water partition coefficient (Wildman–Crippen LogP) is 3.70. The second-order valence-electron chi connectivity index (χ2n) is 4.62. The van der Waals surface area contributed by atoms with Gasteiger partial charge in [0.2, 0.25) is 0 Å². The molecule has 0 atom stereocenters. The average Bonchev–Trinajstić information content (AvgIpc) is 2.32. The molecular formula is C14H20BrNO. The number of hydrogen-bond donors (Lipinski definition) is 0. The van der Waals surface area contributed by atoms with Crippen molar-refractivity contribution in [1.29, 1.82) is 0 Å². The fraction of sp³-hybridized carbons (Fsp3) is 0.571. The van der Waals surface area contributed by atoms with Gasteiger partial charge in [-0.3, -0.25) is 0 Å². The minimum atomic E-state index is 0.386. The minimum absolute atomic E-state index is 0.386. The lowest BCUT2D eigenvalue weighted by molar-refractivity contribution is 0.101. The molecule has 1 heterocycles. The van der Waals surface area contributed by atoms with E-state index in [4.69, 9.17) is 4.74 Å². The molecule has 0 radical (unpaired) electrons. The first kappa shape index (κ1) is 12.9. The van der Waals surface area contributed by atoms with Crippen LogP contribution >= 0.6 is 15.9 Å². The van der Waals surface area contributed by atoms with E-state index in [9.17, 15) is 0 Å². The van der Waals surface area contributed by atoms with Gasteiger partial charge in [-0.05, 0) is 44.0 Å². The molecule has 2 nitrogen and oxygen atoms in total. The summed E-state index contributed by atoms with van der Waals surface area (Å²) in [4.78, 5) is 2.53. The summed E-state index contributed by atoms with van der Waals surface area (Å²) in [6.07, 6.45) is 3.92. The van der Waals surface area contributed by atoms with Crippen LogP contribution in [-0.4, -0.2) is 30.6 Å². The summed E-state index contributed by atoms with van der Waals surface area (Å²) in [5.74, 6) is 0.980. The Bertz CT molecular complexity index is 348. The van der Waals surface area contributed by atoms with Crippen molar-refractivity contribution < 1.29 is 4.74 Å². The van der Waals surface area contributed by atoms with E-state index in [0.717, 1.165) is 23.1 Å². The van der Waals surface area contributed by atoms with Crippen molar-refractivity contribution in [2.24, 2.45) is 0 Å². The fourth-order valence-electron chi connectivity index (χ4n) is 2.30. The van der Waals surface area contributed by atoms with Crippen molar-refractivity contribution in [3.63, 3.8) is 0 Å². The number of piperidine rings is 1. The van der Waals surface area contributed by atoms with Crippen molar-refractivity contribution in [1.82, 2.24) is 4.90 Å². The molecule has 0 unspecified atom stereocenters. The van der Waals surface area contributed by atoms with Crippen LogP contribution in [0.1, 0.15) is 26.2 Å². The van der Waals surface area contributed by atoms with Gasteiger partial charge in [0.25, 0.3) is 0 Å². The van der Waals surface area contributed by atoms with Crippen LogP contribution in [0.25, 0.3) is 0 Å². The van der Waals surface area contributed by atoms with Crippen LogP contribution < -0.4 is 4.74 Å². The van der Waals surface area contributed by atoms with Crippen molar-refractivity contribution in [3.05, 3.63) is 28.7 Å². The largest absolute Gasteiger partial charge is 0.490 e. The van der Waals surface area contributed by atoms with E-state index in [1.807, 2.05) is 24.3 Å². The summed E-state index contributed by atoms with van der Waals surface area (Å²) in [6.45, 7) is 5.81. The van der Waals surface area contributed by atoms with Crippen LogP contribution in [0.3, 0.4) is 0 Å². The van der Waals surface area contributed by atoms with Gasteiger partial charge in [0.05, 0.1) is 0 Å². The molecule has 0 spiro atoms. The summed E-state index contributed by atoms with van der Waals surface area (Å²) < 4.78 is 7.09. The molecule has 3 heteroatoms. The van der Waals surface area contributed by atoms with Gasteiger partial charge in [-0.1, -0.05) is 28.9 Å². The van der Waals surface area contributed by atoms with Crippen molar-refractivity contribution in [3.8, 4) is 5.75 Å².